The van der Waals surface area contributed by atoms with Gasteiger partial charge in [0.2, 0.25) is 0 Å². The van der Waals surface area contributed by atoms with Crippen LogP contribution in [0.3, 0.4) is 0 Å². The second-order valence-corrected chi connectivity index (χ2v) is 6.63. The molecule has 1 aliphatic heterocycles. The van der Waals surface area contributed by atoms with Gasteiger partial charge >= 0.3 is 12.1 Å². The number of carboxylic acids is 1. The summed E-state index contributed by atoms with van der Waals surface area (Å²) in [6, 6.07) is 3.31. The SMILES string of the molecule is CC(C)(C)OC(=O)N[C@@H]1CCCN(C(NCC(=O)O)=C(C#N)C#N)C1. The van der Waals surface area contributed by atoms with Gasteiger partial charge in [0, 0.05) is 19.1 Å². The highest BCUT2D eigenvalue weighted by molar-refractivity contribution is 5.69. The van der Waals surface area contributed by atoms with Crippen molar-refractivity contribution in [2.24, 2.45) is 0 Å². The van der Waals surface area contributed by atoms with Crippen LogP contribution in [0.15, 0.2) is 11.4 Å². The molecule has 1 atom stereocenters. The van der Waals surface area contributed by atoms with E-state index in [0.717, 1.165) is 6.42 Å². The van der Waals surface area contributed by atoms with Gasteiger partial charge in [0.05, 0.1) is 0 Å². The Bertz CT molecular complexity index is 608. The van der Waals surface area contributed by atoms with E-state index in [1.165, 1.54) is 0 Å². The van der Waals surface area contributed by atoms with Crippen LogP contribution in [-0.2, 0) is 9.53 Å². The molecule has 1 aliphatic rings. The molecule has 136 valence electrons. The molecule has 9 heteroatoms. The lowest BCUT2D eigenvalue weighted by molar-refractivity contribution is -0.135. The molecule has 0 saturated carbocycles. The summed E-state index contributed by atoms with van der Waals surface area (Å²) in [6.07, 6.45) is 0.892. The van der Waals surface area contributed by atoms with Crippen molar-refractivity contribution < 1.29 is 19.4 Å². The summed E-state index contributed by atoms with van der Waals surface area (Å²) in [7, 11) is 0. The zero-order valence-electron chi connectivity index (χ0n) is 14.6. The van der Waals surface area contributed by atoms with Crippen molar-refractivity contribution in [3.05, 3.63) is 11.4 Å². The standard InChI is InChI=1S/C16H23N5O4/c1-16(2,3)25-15(24)20-12-5-4-6-21(10-12)14(11(7-17)8-18)19-9-13(22)23/h12,19H,4-6,9-10H2,1-3H3,(H,20,24)(H,22,23)/t12-/m1/s1. The number of hydrogen-bond donors (Lipinski definition) is 3. The Morgan fingerprint density at radius 3 is 2.48 bits per heavy atom. The number of nitrogens with zero attached hydrogens (tertiary/aromatic N) is 3. The van der Waals surface area contributed by atoms with E-state index in [9.17, 15) is 9.59 Å². The number of alkyl carbamates (subject to hydrolysis) is 1. The minimum Gasteiger partial charge on any atom is -0.480 e. The van der Waals surface area contributed by atoms with E-state index in [-0.39, 0.29) is 17.4 Å². The lowest BCUT2D eigenvalue weighted by atomic mass is 10.1. The zero-order valence-corrected chi connectivity index (χ0v) is 14.6. The van der Waals surface area contributed by atoms with Crippen molar-refractivity contribution in [3.63, 3.8) is 0 Å². The van der Waals surface area contributed by atoms with E-state index < -0.39 is 24.2 Å². The van der Waals surface area contributed by atoms with Gasteiger partial charge in [-0.1, -0.05) is 0 Å². The number of nitrogens with one attached hydrogen (secondary N) is 2. The van der Waals surface area contributed by atoms with Gasteiger partial charge in [0.15, 0.2) is 5.57 Å². The van der Waals surface area contributed by atoms with Crippen LogP contribution in [0.2, 0.25) is 0 Å². The molecule has 0 aromatic heterocycles. The Hall–Kier alpha value is -2.94. The van der Waals surface area contributed by atoms with Gasteiger partial charge in [-0.3, -0.25) is 4.79 Å². The number of allylic oxidation sites excluding steroid dienone is 1. The molecule has 0 aromatic rings. The highest BCUT2D eigenvalue weighted by Crippen LogP contribution is 2.17. The normalized spacial score (nSPS) is 16.8. The summed E-state index contributed by atoms with van der Waals surface area (Å²) in [6.45, 7) is 5.77. The smallest absolute Gasteiger partial charge is 0.407 e. The van der Waals surface area contributed by atoms with Gasteiger partial charge in [0.1, 0.15) is 30.1 Å². The molecule has 1 rings (SSSR count). The second-order valence-electron chi connectivity index (χ2n) is 6.63. The molecule has 1 amide bonds. The Morgan fingerprint density at radius 2 is 1.96 bits per heavy atom. The molecule has 1 saturated heterocycles. The van der Waals surface area contributed by atoms with Crippen molar-refractivity contribution in [2.75, 3.05) is 19.6 Å². The summed E-state index contributed by atoms with van der Waals surface area (Å²) in [5.41, 5.74) is -0.805. The molecular formula is C16H23N5O4. The summed E-state index contributed by atoms with van der Waals surface area (Å²) in [4.78, 5) is 24.4. The van der Waals surface area contributed by atoms with Crippen molar-refractivity contribution >= 4 is 12.1 Å². The Balaban J connectivity index is 2.83. The summed E-state index contributed by atoms with van der Waals surface area (Å²) in [5.74, 6) is -0.934. The number of rotatable bonds is 5. The van der Waals surface area contributed by atoms with Crippen LogP contribution in [0.4, 0.5) is 4.79 Å². The number of aliphatic carboxylic acids is 1. The summed E-state index contributed by atoms with van der Waals surface area (Å²) < 4.78 is 5.23. The highest BCUT2D eigenvalue weighted by atomic mass is 16.6. The fraction of sp³-hybridized carbons (Fsp3) is 0.625. The number of carbonyl (C=O) groups is 2. The van der Waals surface area contributed by atoms with Gasteiger partial charge in [-0.25, -0.2) is 4.79 Å². The van der Waals surface area contributed by atoms with Crippen LogP contribution in [0.5, 0.6) is 0 Å². The molecule has 3 N–H and O–H groups in total. The van der Waals surface area contributed by atoms with E-state index in [0.29, 0.717) is 19.5 Å². The van der Waals surface area contributed by atoms with Crippen molar-refractivity contribution in [1.29, 1.82) is 10.5 Å². The monoisotopic (exact) mass is 349 g/mol. The second kappa shape index (κ2) is 8.78. The first kappa shape index (κ1) is 20.1. The number of likely N-dealkylation sites (tertiary alicyclic amines) is 1. The van der Waals surface area contributed by atoms with Crippen LogP contribution in [0.25, 0.3) is 0 Å². The molecule has 0 unspecified atom stereocenters. The van der Waals surface area contributed by atoms with E-state index >= 15 is 0 Å². The minimum atomic E-state index is -1.10. The molecule has 1 fully saturated rings. The van der Waals surface area contributed by atoms with E-state index in [4.69, 9.17) is 20.4 Å². The third kappa shape index (κ3) is 7.00. The Kier molecular flexibility index (Phi) is 7.06. The number of ether oxygens (including phenoxy) is 1. The molecule has 0 bridgehead atoms. The first-order valence-electron chi connectivity index (χ1n) is 7.91. The van der Waals surface area contributed by atoms with Crippen LogP contribution in [0, 0.1) is 22.7 Å². The van der Waals surface area contributed by atoms with Gasteiger partial charge in [-0.2, -0.15) is 10.5 Å². The maximum Gasteiger partial charge on any atom is 0.407 e. The Labute approximate surface area is 146 Å². The number of amides is 1. The molecule has 9 nitrogen and oxygen atoms in total. The molecule has 0 aromatic carbocycles. The zero-order chi connectivity index (χ0) is 19.0. The lowest BCUT2D eigenvalue weighted by Gasteiger charge is -2.36. The predicted molar refractivity (Wildman–Crippen MR) is 87.9 cm³/mol. The number of hydrogen-bond acceptors (Lipinski definition) is 7. The molecule has 1 heterocycles. The van der Waals surface area contributed by atoms with Crippen LogP contribution < -0.4 is 10.6 Å². The fourth-order valence-electron chi connectivity index (χ4n) is 2.42. The number of piperidine rings is 1. The largest absolute Gasteiger partial charge is 0.480 e. The molecular weight excluding hydrogens is 326 g/mol. The van der Waals surface area contributed by atoms with E-state index in [1.54, 1.807) is 37.8 Å². The average Bonchev–Trinajstić information content (AvgIpc) is 2.49. The van der Waals surface area contributed by atoms with E-state index in [1.807, 2.05) is 0 Å². The lowest BCUT2D eigenvalue weighted by Crippen LogP contribution is -2.50. The third-order valence-corrected chi connectivity index (χ3v) is 3.33. The Morgan fingerprint density at radius 1 is 1.32 bits per heavy atom. The minimum absolute atomic E-state index is 0.170. The molecule has 0 aliphatic carbocycles. The quantitative estimate of drug-likeness (QED) is 0.622. The van der Waals surface area contributed by atoms with Crippen molar-refractivity contribution in [1.82, 2.24) is 15.5 Å². The maximum absolute atomic E-state index is 11.9. The predicted octanol–water partition coefficient (Wildman–Crippen LogP) is 0.908. The number of carbonyl (C=O) groups excluding carboxylic acids is 1. The van der Waals surface area contributed by atoms with Crippen molar-refractivity contribution in [2.45, 2.75) is 45.3 Å². The van der Waals surface area contributed by atoms with Gasteiger partial charge in [-0.15, -0.1) is 0 Å². The summed E-state index contributed by atoms with van der Waals surface area (Å²) in [5, 5.41) is 32.4. The van der Waals surface area contributed by atoms with Crippen molar-refractivity contribution in [3.8, 4) is 12.1 Å². The number of nitriles is 2. The average molecular weight is 349 g/mol. The van der Waals surface area contributed by atoms with E-state index in [2.05, 4.69) is 10.6 Å². The van der Waals surface area contributed by atoms with Crippen LogP contribution in [-0.4, -0.2) is 53.3 Å². The number of carboxylic acid groups (broad SMARTS) is 1. The third-order valence-electron chi connectivity index (χ3n) is 3.33. The first-order valence-corrected chi connectivity index (χ1v) is 7.91. The highest BCUT2D eigenvalue weighted by Gasteiger charge is 2.27. The molecule has 0 radical (unpaired) electrons. The molecule has 0 spiro atoms. The molecule has 25 heavy (non-hydrogen) atoms. The first-order chi connectivity index (χ1) is 11.7. The van der Waals surface area contributed by atoms with Gasteiger partial charge in [-0.05, 0) is 33.6 Å². The maximum atomic E-state index is 11.9. The van der Waals surface area contributed by atoms with Gasteiger partial charge in [0.25, 0.3) is 0 Å². The van der Waals surface area contributed by atoms with Crippen LogP contribution >= 0.6 is 0 Å². The van der Waals surface area contributed by atoms with Crippen LogP contribution in [0.1, 0.15) is 33.6 Å². The topological polar surface area (TPSA) is 138 Å². The van der Waals surface area contributed by atoms with Gasteiger partial charge < -0.3 is 25.4 Å². The fourth-order valence-corrected chi connectivity index (χ4v) is 2.42. The summed E-state index contributed by atoms with van der Waals surface area (Å²) >= 11 is 0.